The average Bonchev–Trinajstić information content (AvgIpc) is 2.41. The Hall–Kier alpha value is -2.36. The van der Waals surface area contributed by atoms with Crippen LogP contribution in [0.2, 0.25) is 0 Å². The van der Waals surface area contributed by atoms with Crippen LogP contribution < -0.4 is 16.2 Å². The monoisotopic (exact) mass is 334 g/mol. The number of hydrogen-bond acceptors (Lipinski definition) is 4. The van der Waals surface area contributed by atoms with E-state index in [-0.39, 0.29) is 10.8 Å². The summed E-state index contributed by atoms with van der Waals surface area (Å²) in [5.41, 5.74) is 3.70. The smallest absolute Gasteiger partial charge is 0.358 e. The van der Waals surface area contributed by atoms with Crippen LogP contribution in [0.5, 0.6) is 0 Å². The summed E-state index contributed by atoms with van der Waals surface area (Å²) in [6, 6.07) is 2.14. The van der Waals surface area contributed by atoms with Gasteiger partial charge >= 0.3 is 6.18 Å². The number of benzene rings is 1. The van der Waals surface area contributed by atoms with E-state index in [1.165, 1.54) is 0 Å². The Morgan fingerprint density at radius 1 is 1.45 bits per heavy atom. The number of hydrazine groups is 1. The summed E-state index contributed by atoms with van der Waals surface area (Å²) in [6.45, 7) is 5.81. The van der Waals surface area contributed by atoms with Gasteiger partial charge in [0.15, 0.2) is 5.11 Å². The van der Waals surface area contributed by atoms with Crippen molar-refractivity contribution < 1.29 is 18.1 Å². The van der Waals surface area contributed by atoms with Crippen LogP contribution in [0.3, 0.4) is 0 Å². The first-order valence-corrected chi connectivity index (χ1v) is 6.32. The number of halogens is 3. The molecule has 6 nitrogen and oxygen atoms in total. The van der Waals surface area contributed by atoms with Crippen LogP contribution in [-0.2, 0) is 6.18 Å². The molecule has 0 bridgehead atoms. The van der Waals surface area contributed by atoms with E-state index >= 15 is 0 Å². The predicted molar refractivity (Wildman–Crippen MR) is 80.3 cm³/mol. The second-order valence-corrected chi connectivity index (χ2v) is 4.78. The Labute approximate surface area is 129 Å². The molecule has 0 saturated carbocycles. The summed E-state index contributed by atoms with van der Waals surface area (Å²) < 4.78 is 37.7. The lowest BCUT2D eigenvalue weighted by Crippen LogP contribution is -2.39. The van der Waals surface area contributed by atoms with Gasteiger partial charge in [0.25, 0.3) is 5.69 Å². The minimum absolute atomic E-state index is 0.122. The van der Waals surface area contributed by atoms with Crippen LogP contribution in [0.25, 0.3) is 0 Å². The normalized spacial score (nSPS) is 10.7. The maximum absolute atomic E-state index is 12.6. The molecule has 0 amide bonds. The molecule has 0 saturated heterocycles. The molecule has 0 atom stereocenters. The van der Waals surface area contributed by atoms with Crippen molar-refractivity contribution in [3.8, 4) is 0 Å². The van der Waals surface area contributed by atoms with Gasteiger partial charge in [-0.25, -0.2) is 0 Å². The van der Waals surface area contributed by atoms with Crippen molar-refractivity contribution in [2.24, 2.45) is 0 Å². The average molecular weight is 334 g/mol. The first kappa shape index (κ1) is 17.7. The number of thiocarbonyl (C=S) groups is 1. The van der Waals surface area contributed by atoms with Gasteiger partial charge in [0.1, 0.15) is 5.69 Å². The molecule has 1 aromatic rings. The lowest BCUT2D eigenvalue weighted by molar-refractivity contribution is -0.384. The summed E-state index contributed by atoms with van der Waals surface area (Å²) >= 11 is 4.89. The van der Waals surface area contributed by atoms with Gasteiger partial charge in [0, 0.05) is 12.6 Å². The molecule has 22 heavy (non-hydrogen) atoms. The maximum atomic E-state index is 12.6. The molecule has 3 N–H and O–H groups in total. The zero-order chi connectivity index (χ0) is 16.9. The maximum Gasteiger partial charge on any atom is 0.416 e. The van der Waals surface area contributed by atoms with Crippen molar-refractivity contribution in [1.29, 1.82) is 0 Å². The number of anilines is 1. The van der Waals surface area contributed by atoms with Crippen LogP contribution in [0.4, 0.5) is 24.5 Å². The number of nitrogens with zero attached hydrogens (tertiary/aromatic N) is 1. The van der Waals surface area contributed by atoms with E-state index in [1.807, 2.05) is 0 Å². The van der Waals surface area contributed by atoms with Crippen molar-refractivity contribution in [2.75, 3.05) is 12.0 Å². The topological polar surface area (TPSA) is 79.2 Å². The fourth-order valence-corrected chi connectivity index (χ4v) is 1.49. The van der Waals surface area contributed by atoms with Crippen molar-refractivity contribution >= 4 is 28.7 Å². The van der Waals surface area contributed by atoms with E-state index in [9.17, 15) is 23.3 Å². The van der Waals surface area contributed by atoms with E-state index in [0.717, 1.165) is 17.7 Å². The molecule has 0 radical (unpaired) electrons. The lowest BCUT2D eigenvalue weighted by Gasteiger charge is -2.13. The minimum Gasteiger partial charge on any atom is -0.358 e. The minimum atomic E-state index is -4.66. The van der Waals surface area contributed by atoms with E-state index in [0.29, 0.717) is 12.6 Å². The van der Waals surface area contributed by atoms with E-state index in [2.05, 4.69) is 22.7 Å². The number of nitro groups is 1. The highest BCUT2D eigenvalue weighted by Crippen LogP contribution is 2.34. The molecule has 0 heterocycles. The Morgan fingerprint density at radius 2 is 2.09 bits per heavy atom. The van der Waals surface area contributed by atoms with Gasteiger partial charge in [0.05, 0.1) is 10.5 Å². The Kier molecular flexibility index (Phi) is 5.69. The SMILES string of the molecule is C=C(C)CNC(=S)NNc1ccc(C(F)(F)F)cc1[N+](=O)[O-]. The van der Waals surface area contributed by atoms with Crippen molar-refractivity contribution in [1.82, 2.24) is 10.7 Å². The van der Waals surface area contributed by atoms with E-state index < -0.39 is 22.4 Å². The van der Waals surface area contributed by atoms with Gasteiger partial charge in [-0.1, -0.05) is 12.2 Å². The number of hydrogen-bond donors (Lipinski definition) is 3. The third-order valence-electron chi connectivity index (χ3n) is 2.38. The first-order chi connectivity index (χ1) is 10.1. The fraction of sp³-hybridized carbons (Fsp3) is 0.250. The fourth-order valence-electron chi connectivity index (χ4n) is 1.36. The summed E-state index contributed by atoms with van der Waals surface area (Å²) in [5, 5.41) is 13.7. The van der Waals surface area contributed by atoms with E-state index in [4.69, 9.17) is 12.2 Å². The zero-order valence-corrected chi connectivity index (χ0v) is 12.3. The molecule has 0 aliphatic heterocycles. The predicted octanol–water partition coefficient (Wildman–Crippen LogP) is 2.98. The van der Waals surface area contributed by atoms with Crippen LogP contribution in [0.15, 0.2) is 30.4 Å². The largest absolute Gasteiger partial charge is 0.416 e. The highest BCUT2D eigenvalue weighted by atomic mass is 32.1. The molecular weight excluding hydrogens is 321 g/mol. The van der Waals surface area contributed by atoms with Gasteiger partial charge in [0.2, 0.25) is 0 Å². The molecule has 0 aromatic heterocycles. The zero-order valence-electron chi connectivity index (χ0n) is 11.5. The number of rotatable bonds is 5. The highest BCUT2D eigenvalue weighted by Gasteiger charge is 2.33. The molecule has 0 aliphatic rings. The van der Waals surface area contributed by atoms with Gasteiger partial charge in [-0.15, -0.1) is 0 Å². The van der Waals surface area contributed by atoms with Gasteiger partial charge in [-0.2, -0.15) is 13.2 Å². The quantitative estimate of drug-likeness (QED) is 0.332. The number of nitro benzene ring substituents is 1. The molecule has 1 rings (SSSR count). The Morgan fingerprint density at radius 3 is 2.59 bits per heavy atom. The molecule has 0 fully saturated rings. The molecule has 120 valence electrons. The second kappa shape index (κ2) is 7.07. The summed E-state index contributed by atoms with van der Waals surface area (Å²) in [6.07, 6.45) is -4.66. The molecule has 0 unspecified atom stereocenters. The summed E-state index contributed by atoms with van der Waals surface area (Å²) in [4.78, 5) is 9.96. The van der Waals surface area contributed by atoms with Crippen molar-refractivity contribution in [2.45, 2.75) is 13.1 Å². The van der Waals surface area contributed by atoms with Crippen LogP contribution in [0.1, 0.15) is 12.5 Å². The third kappa shape index (κ3) is 5.20. The van der Waals surface area contributed by atoms with Crippen molar-refractivity contribution in [3.05, 3.63) is 46.0 Å². The Balaban J connectivity index is 2.84. The third-order valence-corrected chi connectivity index (χ3v) is 2.63. The second-order valence-electron chi connectivity index (χ2n) is 4.38. The first-order valence-electron chi connectivity index (χ1n) is 5.91. The summed E-state index contributed by atoms with van der Waals surface area (Å²) in [5.74, 6) is 0. The highest BCUT2D eigenvalue weighted by molar-refractivity contribution is 7.80. The number of alkyl halides is 3. The van der Waals surface area contributed by atoms with Gasteiger partial charge < -0.3 is 5.32 Å². The Bertz CT molecular complexity index is 605. The molecule has 10 heteroatoms. The van der Waals surface area contributed by atoms with Crippen LogP contribution in [-0.4, -0.2) is 16.6 Å². The number of nitrogens with one attached hydrogen (secondary N) is 3. The van der Waals surface area contributed by atoms with Gasteiger partial charge in [-0.3, -0.25) is 21.0 Å². The molecule has 0 spiro atoms. The van der Waals surface area contributed by atoms with E-state index in [1.54, 1.807) is 6.92 Å². The van der Waals surface area contributed by atoms with Gasteiger partial charge in [-0.05, 0) is 31.3 Å². The summed E-state index contributed by atoms with van der Waals surface area (Å²) in [7, 11) is 0. The molecule has 0 aliphatic carbocycles. The molecule has 1 aromatic carbocycles. The van der Waals surface area contributed by atoms with Crippen LogP contribution >= 0.6 is 12.2 Å². The standard InChI is InChI=1S/C12H13F3N4O2S/c1-7(2)6-16-11(22)18-17-9-4-3-8(12(13,14)15)5-10(9)19(20)21/h3-5,17H,1,6H2,2H3,(H2,16,18,22). The molecular formula is C12H13F3N4O2S. The lowest BCUT2D eigenvalue weighted by atomic mass is 10.1. The van der Waals surface area contributed by atoms with Crippen molar-refractivity contribution in [3.63, 3.8) is 0 Å². The van der Waals surface area contributed by atoms with Crippen LogP contribution in [0, 0.1) is 10.1 Å².